The third-order valence-electron chi connectivity index (χ3n) is 3.07. The van der Waals surface area contributed by atoms with Crippen LogP contribution >= 0.6 is 0 Å². The quantitative estimate of drug-likeness (QED) is 0.668. The third kappa shape index (κ3) is 3.97. The molecule has 2 aromatic heterocycles. The molecule has 0 aliphatic rings. The van der Waals surface area contributed by atoms with Gasteiger partial charge in [0.05, 0.1) is 29.4 Å². The van der Waals surface area contributed by atoms with Crippen LogP contribution in [0.15, 0.2) is 36.9 Å². The highest BCUT2D eigenvalue weighted by molar-refractivity contribution is 6.14. The molecule has 0 saturated carbocycles. The number of esters is 1. The zero-order valence-corrected chi connectivity index (χ0v) is 12.6. The van der Waals surface area contributed by atoms with Crippen molar-refractivity contribution < 1.29 is 32.3 Å². The summed E-state index contributed by atoms with van der Waals surface area (Å²) in [7, 11) is 1.08. The average Bonchev–Trinajstić information content (AvgIpc) is 2.60. The molecule has 1 N–H and O–H groups in total. The van der Waals surface area contributed by atoms with Gasteiger partial charge in [-0.15, -0.1) is 0 Å². The van der Waals surface area contributed by atoms with E-state index >= 15 is 0 Å². The summed E-state index contributed by atoms with van der Waals surface area (Å²) in [5, 5.41) is 1.79. The van der Waals surface area contributed by atoms with Gasteiger partial charge < -0.3 is 4.74 Å². The van der Waals surface area contributed by atoms with Gasteiger partial charge in [-0.3, -0.25) is 24.9 Å². The molecule has 0 radical (unpaired) electrons. The van der Waals surface area contributed by atoms with Crippen molar-refractivity contribution in [2.24, 2.45) is 0 Å². The molecule has 130 valence electrons. The molecule has 0 fully saturated rings. The van der Waals surface area contributed by atoms with Crippen LogP contribution in [0.25, 0.3) is 0 Å². The first kappa shape index (κ1) is 18.0. The van der Waals surface area contributed by atoms with Crippen LogP contribution in [-0.4, -0.2) is 34.9 Å². The number of ether oxygens (including phenoxy) is 1. The van der Waals surface area contributed by atoms with Crippen LogP contribution in [-0.2, 0) is 10.9 Å². The molecular weight excluding hydrogens is 343 g/mol. The number of imide groups is 1. The van der Waals surface area contributed by atoms with E-state index in [1.165, 1.54) is 6.20 Å². The van der Waals surface area contributed by atoms with Gasteiger partial charge >= 0.3 is 12.1 Å². The van der Waals surface area contributed by atoms with E-state index < -0.39 is 35.1 Å². The molecule has 0 aliphatic heterocycles. The number of hydrogen-bond donors (Lipinski definition) is 1. The highest BCUT2D eigenvalue weighted by Crippen LogP contribution is 2.31. The Morgan fingerprint density at radius 2 is 1.52 bits per heavy atom. The van der Waals surface area contributed by atoms with Gasteiger partial charge in [-0.2, -0.15) is 13.2 Å². The van der Waals surface area contributed by atoms with E-state index in [1.807, 2.05) is 0 Å². The van der Waals surface area contributed by atoms with Crippen LogP contribution < -0.4 is 5.32 Å². The van der Waals surface area contributed by atoms with Crippen molar-refractivity contribution in [2.45, 2.75) is 6.18 Å². The van der Waals surface area contributed by atoms with Crippen LogP contribution in [0.4, 0.5) is 13.2 Å². The number of amides is 2. The Bertz CT molecular complexity index is 837. The maximum Gasteiger partial charge on any atom is 0.417 e. The van der Waals surface area contributed by atoms with E-state index in [0.29, 0.717) is 12.3 Å². The average molecular weight is 353 g/mol. The van der Waals surface area contributed by atoms with Gasteiger partial charge in [0.1, 0.15) is 0 Å². The number of rotatable bonds is 3. The summed E-state index contributed by atoms with van der Waals surface area (Å²) in [5.41, 5.74) is -2.57. The molecule has 0 atom stereocenters. The van der Waals surface area contributed by atoms with Crippen LogP contribution in [0.3, 0.4) is 0 Å². The van der Waals surface area contributed by atoms with Gasteiger partial charge in [0.25, 0.3) is 11.8 Å². The fourth-order valence-corrected chi connectivity index (χ4v) is 1.93. The number of aromatic nitrogens is 2. The Labute approximate surface area is 138 Å². The minimum absolute atomic E-state index is 0.238. The Hall–Kier alpha value is -3.30. The van der Waals surface area contributed by atoms with E-state index in [-0.39, 0.29) is 11.1 Å². The molecule has 2 rings (SSSR count). The second kappa shape index (κ2) is 7.07. The van der Waals surface area contributed by atoms with E-state index in [0.717, 1.165) is 25.6 Å². The van der Waals surface area contributed by atoms with Crippen molar-refractivity contribution in [3.63, 3.8) is 0 Å². The summed E-state index contributed by atoms with van der Waals surface area (Å²) >= 11 is 0. The summed E-state index contributed by atoms with van der Waals surface area (Å²) in [4.78, 5) is 42.9. The van der Waals surface area contributed by atoms with Crippen LogP contribution in [0.5, 0.6) is 0 Å². The number of nitrogens with zero attached hydrogens (tertiary/aromatic N) is 2. The molecule has 0 unspecified atom stereocenters. The second-order valence-electron chi connectivity index (χ2n) is 4.62. The van der Waals surface area contributed by atoms with E-state index in [1.54, 1.807) is 5.32 Å². The standard InChI is InChI=1S/C15H10F3N3O4/c1-25-14(24)9-6-19-4-2-8(9)12(22)21-13(23)10-7-20-5-3-11(10)15(16,17)18/h2-7H,1H3,(H,21,22,23). The van der Waals surface area contributed by atoms with Crippen molar-refractivity contribution in [3.8, 4) is 0 Å². The number of pyridine rings is 2. The van der Waals surface area contributed by atoms with Gasteiger partial charge in [-0.25, -0.2) is 4.79 Å². The third-order valence-corrected chi connectivity index (χ3v) is 3.07. The lowest BCUT2D eigenvalue weighted by atomic mass is 10.1. The predicted molar refractivity (Wildman–Crippen MR) is 76.6 cm³/mol. The number of carbonyl (C=O) groups is 3. The molecule has 7 nitrogen and oxygen atoms in total. The van der Waals surface area contributed by atoms with Crippen LogP contribution in [0.2, 0.25) is 0 Å². The zero-order chi connectivity index (χ0) is 18.6. The minimum atomic E-state index is -4.80. The minimum Gasteiger partial charge on any atom is -0.465 e. The molecule has 2 aromatic rings. The molecule has 25 heavy (non-hydrogen) atoms. The molecule has 0 aliphatic carbocycles. The van der Waals surface area contributed by atoms with Crippen molar-refractivity contribution >= 4 is 17.8 Å². The molecule has 0 aromatic carbocycles. The molecule has 2 heterocycles. The Morgan fingerprint density at radius 1 is 0.960 bits per heavy atom. The van der Waals surface area contributed by atoms with Gasteiger partial charge in [0.2, 0.25) is 0 Å². The maximum atomic E-state index is 12.9. The molecule has 10 heteroatoms. The maximum absolute atomic E-state index is 12.9. The Kier molecular flexibility index (Phi) is 5.11. The smallest absolute Gasteiger partial charge is 0.417 e. The summed E-state index contributed by atoms with van der Waals surface area (Å²) in [5.74, 6) is -3.27. The van der Waals surface area contributed by atoms with E-state index in [2.05, 4.69) is 14.7 Å². The van der Waals surface area contributed by atoms with Gasteiger partial charge in [-0.05, 0) is 12.1 Å². The fraction of sp³-hybridized carbons (Fsp3) is 0.133. The van der Waals surface area contributed by atoms with Crippen molar-refractivity contribution in [2.75, 3.05) is 7.11 Å². The lowest BCUT2D eigenvalue weighted by Crippen LogP contribution is -2.33. The monoisotopic (exact) mass is 353 g/mol. The zero-order valence-electron chi connectivity index (χ0n) is 12.6. The van der Waals surface area contributed by atoms with Gasteiger partial charge in [0, 0.05) is 24.8 Å². The van der Waals surface area contributed by atoms with E-state index in [9.17, 15) is 27.6 Å². The number of nitrogens with one attached hydrogen (secondary N) is 1. The van der Waals surface area contributed by atoms with Crippen molar-refractivity contribution in [1.29, 1.82) is 0 Å². The predicted octanol–water partition coefficient (Wildman–Crippen LogP) is 1.85. The molecule has 0 saturated heterocycles. The van der Waals surface area contributed by atoms with Crippen molar-refractivity contribution in [1.82, 2.24) is 15.3 Å². The van der Waals surface area contributed by atoms with E-state index in [4.69, 9.17) is 0 Å². The lowest BCUT2D eigenvalue weighted by molar-refractivity contribution is -0.138. The molecule has 2 amide bonds. The molecule has 0 spiro atoms. The lowest BCUT2D eigenvalue weighted by Gasteiger charge is -2.12. The van der Waals surface area contributed by atoms with Crippen LogP contribution in [0.1, 0.15) is 36.6 Å². The first-order valence-corrected chi connectivity index (χ1v) is 6.65. The molecule has 0 bridgehead atoms. The van der Waals surface area contributed by atoms with Crippen LogP contribution in [0, 0.1) is 0 Å². The summed E-state index contributed by atoms with van der Waals surface area (Å²) in [6.45, 7) is 0. The molecular formula is C15H10F3N3O4. The number of carbonyl (C=O) groups excluding carboxylic acids is 3. The largest absolute Gasteiger partial charge is 0.465 e. The van der Waals surface area contributed by atoms with Gasteiger partial charge in [0.15, 0.2) is 0 Å². The van der Waals surface area contributed by atoms with Gasteiger partial charge in [-0.1, -0.05) is 0 Å². The Balaban J connectivity index is 2.32. The Morgan fingerprint density at radius 3 is 2.12 bits per heavy atom. The highest BCUT2D eigenvalue weighted by Gasteiger charge is 2.35. The number of alkyl halides is 3. The number of hydrogen-bond acceptors (Lipinski definition) is 6. The summed E-state index contributed by atoms with van der Waals surface area (Å²) < 4.78 is 43.2. The fourth-order valence-electron chi connectivity index (χ4n) is 1.93. The number of halogens is 3. The first-order valence-electron chi connectivity index (χ1n) is 6.65. The second-order valence-corrected chi connectivity index (χ2v) is 4.62. The first-order chi connectivity index (χ1) is 11.8. The topological polar surface area (TPSA) is 98.2 Å². The van der Waals surface area contributed by atoms with Crippen molar-refractivity contribution in [3.05, 3.63) is 59.2 Å². The highest BCUT2D eigenvalue weighted by atomic mass is 19.4. The normalized spacial score (nSPS) is 10.9. The summed E-state index contributed by atoms with van der Waals surface area (Å²) in [6, 6.07) is 1.74. The number of methoxy groups -OCH3 is 1. The SMILES string of the molecule is COC(=O)c1cnccc1C(=O)NC(=O)c1cnccc1C(F)(F)F. The summed E-state index contributed by atoms with van der Waals surface area (Å²) in [6.07, 6.45) is -1.02.